The molecular weight excluding hydrogens is 312 g/mol. The summed E-state index contributed by atoms with van der Waals surface area (Å²) in [4.78, 5) is 6.67. The average molecular weight is 337 g/mol. The molecule has 1 aliphatic heterocycles. The summed E-state index contributed by atoms with van der Waals surface area (Å²) < 4.78 is 29.6. The molecule has 1 N–H and O–H groups in total. The van der Waals surface area contributed by atoms with Crippen LogP contribution in [0.5, 0.6) is 5.75 Å². The molecule has 0 bridgehead atoms. The SMILES string of the molecule is CN=C(NCc1ccccc1OC(F)F)N1CCC2(CCCC2)C1. The molecule has 0 aromatic heterocycles. The van der Waals surface area contributed by atoms with Crippen molar-refractivity contribution < 1.29 is 13.5 Å². The van der Waals surface area contributed by atoms with Crippen molar-refractivity contribution in [3.8, 4) is 5.75 Å². The zero-order valence-corrected chi connectivity index (χ0v) is 14.1. The van der Waals surface area contributed by atoms with Gasteiger partial charge in [-0.25, -0.2) is 0 Å². The Bertz CT molecular complexity index is 585. The van der Waals surface area contributed by atoms with Crippen molar-refractivity contribution in [3.05, 3.63) is 29.8 Å². The number of hydrogen-bond acceptors (Lipinski definition) is 2. The van der Waals surface area contributed by atoms with Crippen LogP contribution in [-0.2, 0) is 6.54 Å². The Hall–Kier alpha value is -1.85. The zero-order chi connectivity index (χ0) is 17.0. The molecule has 6 heteroatoms. The van der Waals surface area contributed by atoms with Gasteiger partial charge in [-0.2, -0.15) is 8.78 Å². The molecule has 1 saturated heterocycles. The van der Waals surface area contributed by atoms with Crippen molar-refractivity contribution in [1.82, 2.24) is 10.2 Å². The van der Waals surface area contributed by atoms with Gasteiger partial charge in [0.1, 0.15) is 5.75 Å². The third-order valence-electron chi connectivity index (χ3n) is 5.24. The van der Waals surface area contributed by atoms with Crippen molar-refractivity contribution in [2.45, 2.75) is 45.3 Å². The minimum atomic E-state index is -2.81. The molecule has 0 amide bonds. The molecule has 1 aromatic carbocycles. The fourth-order valence-corrected chi connectivity index (χ4v) is 4.02. The number of guanidine groups is 1. The summed E-state index contributed by atoms with van der Waals surface area (Å²) in [5.74, 6) is 1.05. The van der Waals surface area contributed by atoms with Crippen LogP contribution in [0.25, 0.3) is 0 Å². The molecule has 1 saturated carbocycles. The number of para-hydroxylation sites is 1. The van der Waals surface area contributed by atoms with E-state index in [0.29, 0.717) is 17.5 Å². The molecule has 0 unspecified atom stereocenters. The second-order valence-electron chi connectivity index (χ2n) is 6.77. The number of hydrogen-bond donors (Lipinski definition) is 1. The van der Waals surface area contributed by atoms with Gasteiger partial charge in [0.05, 0.1) is 0 Å². The molecule has 1 aromatic rings. The highest BCUT2D eigenvalue weighted by Crippen LogP contribution is 2.45. The number of alkyl halides is 2. The van der Waals surface area contributed by atoms with Gasteiger partial charge < -0.3 is 15.0 Å². The summed E-state index contributed by atoms with van der Waals surface area (Å²) in [5.41, 5.74) is 1.17. The lowest BCUT2D eigenvalue weighted by molar-refractivity contribution is -0.0504. The summed E-state index contributed by atoms with van der Waals surface area (Å²) in [7, 11) is 1.77. The topological polar surface area (TPSA) is 36.9 Å². The number of nitrogens with zero attached hydrogens (tertiary/aromatic N) is 2. The highest BCUT2D eigenvalue weighted by atomic mass is 19.3. The van der Waals surface area contributed by atoms with Crippen LogP contribution < -0.4 is 10.1 Å². The minimum absolute atomic E-state index is 0.212. The molecule has 1 aliphatic carbocycles. The van der Waals surface area contributed by atoms with E-state index in [9.17, 15) is 8.78 Å². The van der Waals surface area contributed by atoms with E-state index in [4.69, 9.17) is 0 Å². The van der Waals surface area contributed by atoms with Gasteiger partial charge in [-0.05, 0) is 30.7 Å². The van der Waals surface area contributed by atoms with E-state index in [1.54, 1.807) is 25.2 Å². The molecular formula is C18H25F2N3O. The third kappa shape index (κ3) is 3.79. The van der Waals surface area contributed by atoms with E-state index >= 15 is 0 Å². The maximum atomic E-state index is 12.5. The number of nitrogens with one attached hydrogen (secondary N) is 1. The van der Waals surface area contributed by atoms with E-state index in [1.807, 2.05) is 6.07 Å². The van der Waals surface area contributed by atoms with Crippen molar-refractivity contribution in [2.24, 2.45) is 10.4 Å². The molecule has 4 nitrogen and oxygen atoms in total. The molecule has 1 heterocycles. The van der Waals surface area contributed by atoms with E-state index in [1.165, 1.54) is 32.1 Å². The quantitative estimate of drug-likeness (QED) is 0.673. The van der Waals surface area contributed by atoms with E-state index in [-0.39, 0.29) is 5.75 Å². The Morgan fingerprint density at radius 3 is 2.75 bits per heavy atom. The average Bonchev–Trinajstić information content (AvgIpc) is 3.20. The first-order valence-electron chi connectivity index (χ1n) is 8.60. The van der Waals surface area contributed by atoms with Gasteiger partial charge >= 0.3 is 6.61 Å². The van der Waals surface area contributed by atoms with Crippen LogP contribution in [0, 0.1) is 5.41 Å². The van der Waals surface area contributed by atoms with Gasteiger partial charge in [-0.3, -0.25) is 4.99 Å². The number of likely N-dealkylation sites (tertiary alicyclic amines) is 1. The Kier molecular flexibility index (Phi) is 5.21. The second-order valence-corrected chi connectivity index (χ2v) is 6.77. The van der Waals surface area contributed by atoms with Gasteiger partial charge in [-0.1, -0.05) is 31.0 Å². The fourth-order valence-electron chi connectivity index (χ4n) is 4.02. The summed E-state index contributed by atoms with van der Waals surface area (Å²) in [6.07, 6.45) is 6.51. The molecule has 132 valence electrons. The van der Waals surface area contributed by atoms with Crippen molar-refractivity contribution >= 4 is 5.96 Å². The second kappa shape index (κ2) is 7.36. The van der Waals surface area contributed by atoms with Crippen molar-refractivity contribution in [2.75, 3.05) is 20.1 Å². The number of rotatable bonds is 4. The standard InChI is InChI=1S/C18H25F2N3O/c1-21-17(23-11-10-18(13-23)8-4-5-9-18)22-12-14-6-2-3-7-15(14)24-16(19)20/h2-3,6-7,16H,4-5,8-13H2,1H3,(H,21,22). The summed E-state index contributed by atoms with van der Waals surface area (Å²) in [6, 6.07) is 6.87. The van der Waals surface area contributed by atoms with Crippen molar-refractivity contribution in [3.63, 3.8) is 0 Å². The summed E-state index contributed by atoms with van der Waals surface area (Å²) in [5, 5.41) is 3.30. The van der Waals surface area contributed by atoms with Gasteiger partial charge in [0.2, 0.25) is 0 Å². The van der Waals surface area contributed by atoms with Crippen LogP contribution in [0.1, 0.15) is 37.7 Å². The Balaban J connectivity index is 1.61. The predicted octanol–water partition coefficient (Wildman–Crippen LogP) is 3.63. The highest BCUT2D eigenvalue weighted by molar-refractivity contribution is 5.80. The van der Waals surface area contributed by atoms with Crippen LogP contribution in [-0.4, -0.2) is 37.6 Å². The summed E-state index contributed by atoms with van der Waals surface area (Å²) in [6.45, 7) is -0.346. The van der Waals surface area contributed by atoms with Gasteiger partial charge in [0.25, 0.3) is 0 Å². The third-order valence-corrected chi connectivity index (χ3v) is 5.24. The van der Waals surface area contributed by atoms with Gasteiger partial charge in [0, 0.05) is 32.2 Å². The molecule has 3 rings (SSSR count). The van der Waals surface area contributed by atoms with Crippen LogP contribution in [0.3, 0.4) is 0 Å². The van der Waals surface area contributed by atoms with Crippen LogP contribution in [0.4, 0.5) is 8.78 Å². The lowest BCUT2D eigenvalue weighted by Gasteiger charge is -2.26. The minimum Gasteiger partial charge on any atom is -0.434 e. The van der Waals surface area contributed by atoms with Gasteiger partial charge in [-0.15, -0.1) is 0 Å². The normalized spacial score (nSPS) is 20.2. The Labute approximate surface area is 141 Å². The lowest BCUT2D eigenvalue weighted by atomic mass is 9.86. The number of benzene rings is 1. The zero-order valence-electron chi connectivity index (χ0n) is 14.1. The maximum absolute atomic E-state index is 12.5. The molecule has 1 spiro atoms. The highest BCUT2D eigenvalue weighted by Gasteiger charge is 2.41. The number of aliphatic imine (C=N–C) groups is 1. The van der Waals surface area contributed by atoms with Crippen LogP contribution in [0.2, 0.25) is 0 Å². The largest absolute Gasteiger partial charge is 0.434 e. The molecule has 2 aliphatic rings. The van der Waals surface area contributed by atoms with E-state index < -0.39 is 6.61 Å². The molecule has 0 radical (unpaired) electrons. The maximum Gasteiger partial charge on any atom is 0.387 e. The molecule has 2 fully saturated rings. The number of halogens is 2. The monoisotopic (exact) mass is 337 g/mol. The predicted molar refractivity (Wildman–Crippen MR) is 90.4 cm³/mol. The first-order chi connectivity index (χ1) is 11.6. The fraction of sp³-hybridized carbons (Fsp3) is 0.611. The molecule has 24 heavy (non-hydrogen) atoms. The molecule has 0 atom stereocenters. The Morgan fingerprint density at radius 2 is 2.04 bits per heavy atom. The number of ether oxygens (including phenoxy) is 1. The van der Waals surface area contributed by atoms with Crippen molar-refractivity contribution in [1.29, 1.82) is 0 Å². The first-order valence-corrected chi connectivity index (χ1v) is 8.60. The van der Waals surface area contributed by atoms with Crippen LogP contribution in [0.15, 0.2) is 29.3 Å². The van der Waals surface area contributed by atoms with E-state index in [2.05, 4.69) is 19.9 Å². The van der Waals surface area contributed by atoms with Crippen LogP contribution >= 0.6 is 0 Å². The summed E-state index contributed by atoms with van der Waals surface area (Å²) >= 11 is 0. The van der Waals surface area contributed by atoms with E-state index in [0.717, 1.165) is 19.0 Å². The lowest BCUT2D eigenvalue weighted by Crippen LogP contribution is -2.40. The van der Waals surface area contributed by atoms with Gasteiger partial charge in [0.15, 0.2) is 5.96 Å². The first kappa shape index (κ1) is 17.0. The Morgan fingerprint density at radius 1 is 1.29 bits per heavy atom. The smallest absolute Gasteiger partial charge is 0.387 e.